The average molecular weight is 261 g/mol. The zero-order valence-corrected chi connectivity index (χ0v) is 11.1. The molecule has 0 saturated heterocycles. The summed E-state index contributed by atoms with van der Waals surface area (Å²) in [4.78, 5) is 20.6. The summed E-state index contributed by atoms with van der Waals surface area (Å²) in [5.74, 6) is 2.39. The van der Waals surface area contributed by atoms with Crippen LogP contribution in [-0.4, -0.2) is 26.1 Å². The predicted octanol–water partition coefficient (Wildman–Crippen LogP) is 0.959. The van der Waals surface area contributed by atoms with E-state index in [1.807, 2.05) is 6.92 Å². The Morgan fingerprint density at radius 1 is 1.37 bits per heavy atom. The van der Waals surface area contributed by atoms with Crippen LogP contribution in [0.15, 0.2) is 10.9 Å². The Kier molecular flexibility index (Phi) is 3.10. The molecule has 102 valence electrons. The van der Waals surface area contributed by atoms with Crippen molar-refractivity contribution in [3.8, 4) is 0 Å². The van der Waals surface area contributed by atoms with Gasteiger partial charge in [0, 0.05) is 17.7 Å². The molecule has 6 nitrogen and oxygen atoms in total. The van der Waals surface area contributed by atoms with Gasteiger partial charge < -0.3 is 5.73 Å². The highest BCUT2D eigenvalue weighted by molar-refractivity contribution is 5.28. The second-order valence-electron chi connectivity index (χ2n) is 5.43. The zero-order chi connectivity index (χ0) is 13.4. The summed E-state index contributed by atoms with van der Waals surface area (Å²) in [5, 5.41) is 3.09. The molecule has 1 aliphatic rings. The van der Waals surface area contributed by atoms with Crippen LogP contribution in [0, 0.1) is 12.8 Å². The van der Waals surface area contributed by atoms with Crippen LogP contribution >= 0.6 is 0 Å². The normalized spacial score (nSPS) is 23.9. The second-order valence-corrected chi connectivity index (χ2v) is 5.43. The molecule has 0 radical (unpaired) electrons. The Labute approximate surface area is 111 Å². The SMILES string of the molecule is Cc1cc(=O)n2[nH]c(C3CCC(CN)CC3)nc2n1. The first kappa shape index (κ1) is 12.3. The fourth-order valence-electron chi connectivity index (χ4n) is 2.86. The van der Waals surface area contributed by atoms with Gasteiger partial charge in [0.05, 0.1) is 0 Å². The van der Waals surface area contributed by atoms with E-state index in [2.05, 4.69) is 15.1 Å². The highest BCUT2D eigenvalue weighted by Gasteiger charge is 2.24. The van der Waals surface area contributed by atoms with Gasteiger partial charge >= 0.3 is 0 Å². The van der Waals surface area contributed by atoms with Crippen molar-refractivity contribution in [2.45, 2.75) is 38.5 Å². The topological polar surface area (TPSA) is 89.1 Å². The first-order valence-electron chi connectivity index (χ1n) is 6.83. The van der Waals surface area contributed by atoms with Crippen molar-refractivity contribution in [1.29, 1.82) is 0 Å². The smallest absolute Gasteiger partial charge is 0.274 e. The highest BCUT2D eigenvalue weighted by atomic mass is 16.1. The minimum absolute atomic E-state index is 0.100. The molecule has 19 heavy (non-hydrogen) atoms. The third kappa shape index (κ3) is 2.28. The van der Waals surface area contributed by atoms with Crippen molar-refractivity contribution in [3.63, 3.8) is 0 Å². The number of aryl methyl sites for hydroxylation is 1. The number of nitrogens with two attached hydrogens (primary N) is 1. The summed E-state index contributed by atoms with van der Waals surface area (Å²) in [6.45, 7) is 2.58. The van der Waals surface area contributed by atoms with Crippen LogP contribution < -0.4 is 11.3 Å². The van der Waals surface area contributed by atoms with Gasteiger partial charge in [0.15, 0.2) is 0 Å². The summed E-state index contributed by atoms with van der Waals surface area (Å²) in [6.07, 6.45) is 4.43. The van der Waals surface area contributed by atoms with Crippen LogP contribution in [0.2, 0.25) is 0 Å². The highest BCUT2D eigenvalue weighted by Crippen LogP contribution is 2.33. The van der Waals surface area contributed by atoms with Crippen LogP contribution in [0.1, 0.15) is 43.1 Å². The number of H-pyrrole nitrogens is 1. The number of rotatable bonds is 2. The van der Waals surface area contributed by atoms with E-state index >= 15 is 0 Å². The maximum atomic E-state index is 11.8. The maximum Gasteiger partial charge on any atom is 0.274 e. The largest absolute Gasteiger partial charge is 0.330 e. The molecular formula is C13H19N5O. The molecule has 2 aromatic heterocycles. The number of hydrogen-bond donors (Lipinski definition) is 2. The molecule has 2 aromatic rings. The average Bonchev–Trinajstić information content (AvgIpc) is 2.83. The molecule has 0 bridgehead atoms. The van der Waals surface area contributed by atoms with E-state index in [0.29, 0.717) is 23.3 Å². The van der Waals surface area contributed by atoms with Crippen LogP contribution in [-0.2, 0) is 0 Å². The summed E-state index contributed by atoms with van der Waals surface area (Å²) >= 11 is 0. The third-order valence-electron chi connectivity index (χ3n) is 4.04. The Bertz CT molecular complexity index is 636. The number of nitrogens with one attached hydrogen (secondary N) is 1. The first-order chi connectivity index (χ1) is 9.17. The van der Waals surface area contributed by atoms with Gasteiger partial charge in [-0.1, -0.05) is 0 Å². The number of hydrogen-bond acceptors (Lipinski definition) is 4. The second kappa shape index (κ2) is 4.77. The molecule has 1 fully saturated rings. The van der Waals surface area contributed by atoms with E-state index in [-0.39, 0.29) is 5.56 Å². The standard InChI is InChI=1S/C13H19N5O/c1-8-6-11(19)18-13(15-8)16-12(17-18)10-4-2-9(7-14)3-5-10/h6,9-10H,2-5,7,14H2,1H3,(H,15,16,17). The van der Waals surface area contributed by atoms with Gasteiger partial charge in [-0.25, -0.2) is 4.98 Å². The molecule has 0 amide bonds. The molecule has 0 aromatic carbocycles. The quantitative estimate of drug-likeness (QED) is 0.842. The molecule has 2 heterocycles. The van der Waals surface area contributed by atoms with Crippen LogP contribution in [0.25, 0.3) is 5.78 Å². The summed E-state index contributed by atoms with van der Waals surface area (Å²) in [6, 6.07) is 1.51. The molecule has 1 aliphatic carbocycles. The van der Waals surface area contributed by atoms with Crippen molar-refractivity contribution in [1.82, 2.24) is 19.6 Å². The third-order valence-corrected chi connectivity index (χ3v) is 4.04. The van der Waals surface area contributed by atoms with Gasteiger partial charge in [-0.05, 0) is 45.1 Å². The molecule has 3 N–H and O–H groups in total. The van der Waals surface area contributed by atoms with Gasteiger partial charge in [0.25, 0.3) is 11.3 Å². The lowest BCUT2D eigenvalue weighted by atomic mass is 9.82. The van der Waals surface area contributed by atoms with E-state index in [1.54, 1.807) is 0 Å². The lowest BCUT2D eigenvalue weighted by Crippen LogP contribution is -2.21. The van der Waals surface area contributed by atoms with Gasteiger partial charge in [0.2, 0.25) is 0 Å². The van der Waals surface area contributed by atoms with Crippen LogP contribution in [0.4, 0.5) is 0 Å². The first-order valence-corrected chi connectivity index (χ1v) is 6.83. The fraction of sp³-hybridized carbons (Fsp3) is 0.615. The van der Waals surface area contributed by atoms with Crippen molar-refractivity contribution < 1.29 is 0 Å². The lowest BCUT2D eigenvalue weighted by molar-refractivity contribution is 0.325. The Balaban J connectivity index is 1.90. The van der Waals surface area contributed by atoms with Crippen LogP contribution in [0.5, 0.6) is 0 Å². The van der Waals surface area contributed by atoms with E-state index in [1.165, 1.54) is 10.6 Å². The van der Waals surface area contributed by atoms with Gasteiger partial charge in [-0.3, -0.25) is 9.89 Å². The zero-order valence-electron chi connectivity index (χ0n) is 11.1. The maximum absolute atomic E-state index is 11.8. The van der Waals surface area contributed by atoms with Gasteiger partial charge in [-0.15, -0.1) is 0 Å². The van der Waals surface area contributed by atoms with E-state index in [9.17, 15) is 4.79 Å². The number of aromatic amines is 1. The van der Waals surface area contributed by atoms with E-state index < -0.39 is 0 Å². The molecule has 0 spiro atoms. The minimum Gasteiger partial charge on any atom is -0.330 e. The van der Waals surface area contributed by atoms with Crippen LogP contribution in [0.3, 0.4) is 0 Å². The van der Waals surface area contributed by atoms with Gasteiger partial charge in [0.1, 0.15) is 5.82 Å². The number of nitrogens with zero attached hydrogens (tertiary/aromatic N) is 3. The molecule has 6 heteroatoms. The van der Waals surface area contributed by atoms with Crippen molar-refractivity contribution in [2.24, 2.45) is 11.7 Å². The molecule has 0 aliphatic heterocycles. The predicted molar refractivity (Wildman–Crippen MR) is 72.1 cm³/mol. The molecule has 0 atom stereocenters. The summed E-state index contributed by atoms with van der Waals surface area (Å²) < 4.78 is 1.43. The Morgan fingerprint density at radius 2 is 2.11 bits per heavy atom. The molecule has 3 rings (SSSR count). The Morgan fingerprint density at radius 3 is 2.79 bits per heavy atom. The number of fused-ring (bicyclic) bond motifs is 1. The van der Waals surface area contributed by atoms with Crippen molar-refractivity contribution in [3.05, 3.63) is 27.9 Å². The number of aromatic nitrogens is 4. The lowest BCUT2D eigenvalue weighted by Gasteiger charge is -2.25. The Hall–Kier alpha value is -1.69. The van der Waals surface area contributed by atoms with Crippen molar-refractivity contribution >= 4 is 5.78 Å². The summed E-state index contributed by atoms with van der Waals surface area (Å²) in [7, 11) is 0. The molecule has 1 saturated carbocycles. The minimum atomic E-state index is -0.100. The monoisotopic (exact) mass is 261 g/mol. The molecular weight excluding hydrogens is 242 g/mol. The van der Waals surface area contributed by atoms with E-state index in [0.717, 1.165) is 38.1 Å². The molecule has 0 unspecified atom stereocenters. The van der Waals surface area contributed by atoms with Crippen molar-refractivity contribution in [2.75, 3.05) is 6.54 Å². The van der Waals surface area contributed by atoms with E-state index in [4.69, 9.17) is 5.73 Å². The van der Waals surface area contributed by atoms with Gasteiger partial charge in [-0.2, -0.15) is 9.50 Å². The summed E-state index contributed by atoms with van der Waals surface area (Å²) in [5.41, 5.74) is 6.31. The fourth-order valence-corrected chi connectivity index (χ4v) is 2.86.